The number of nitrogens with one attached hydrogen (secondary N) is 1. The SMILES string of the molecule is COc1ccc(OC(C)C(=O)OCC(=O)Nc2ccc(I)cc2)cc1. The number of ether oxygens (including phenoxy) is 3. The van der Waals surface area contributed by atoms with Crippen LogP contribution in [0, 0.1) is 3.57 Å². The maximum Gasteiger partial charge on any atom is 0.347 e. The number of hydrogen-bond donors (Lipinski definition) is 1. The summed E-state index contributed by atoms with van der Waals surface area (Å²) in [6.45, 7) is 1.19. The van der Waals surface area contributed by atoms with Gasteiger partial charge in [0.15, 0.2) is 12.7 Å². The monoisotopic (exact) mass is 455 g/mol. The maximum absolute atomic E-state index is 11.9. The summed E-state index contributed by atoms with van der Waals surface area (Å²) in [5.41, 5.74) is 0.643. The third-order valence-corrected chi connectivity index (χ3v) is 3.90. The van der Waals surface area contributed by atoms with E-state index in [2.05, 4.69) is 27.9 Å². The van der Waals surface area contributed by atoms with Crippen LogP contribution in [0.15, 0.2) is 48.5 Å². The number of halogens is 1. The quantitative estimate of drug-likeness (QED) is 0.513. The van der Waals surface area contributed by atoms with Crippen LogP contribution in [0.5, 0.6) is 11.5 Å². The third-order valence-electron chi connectivity index (χ3n) is 3.18. The molecule has 7 heteroatoms. The van der Waals surface area contributed by atoms with Crippen molar-refractivity contribution in [2.45, 2.75) is 13.0 Å². The molecule has 2 rings (SSSR count). The van der Waals surface area contributed by atoms with Crippen LogP contribution in [0.4, 0.5) is 5.69 Å². The fourth-order valence-electron chi connectivity index (χ4n) is 1.89. The van der Waals surface area contributed by atoms with Gasteiger partial charge in [-0.25, -0.2) is 4.79 Å². The van der Waals surface area contributed by atoms with Crippen molar-refractivity contribution in [1.29, 1.82) is 0 Å². The summed E-state index contributed by atoms with van der Waals surface area (Å²) in [6.07, 6.45) is -0.834. The van der Waals surface area contributed by atoms with E-state index in [0.717, 1.165) is 3.57 Å². The molecule has 1 N–H and O–H groups in total. The highest BCUT2D eigenvalue weighted by Gasteiger charge is 2.18. The van der Waals surface area contributed by atoms with E-state index in [-0.39, 0.29) is 6.61 Å². The molecule has 0 aliphatic rings. The minimum absolute atomic E-state index is 0.374. The summed E-state index contributed by atoms with van der Waals surface area (Å²) in [4.78, 5) is 23.7. The van der Waals surface area contributed by atoms with Gasteiger partial charge in [0.1, 0.15) is 11.5 Å². The molecule has 0 aliphatic carbocycles. The minimum Gasteiger partial charge on any atom is -0.497 e. The predicted molar refractivity (Wildman–Crippen MR) is 102 cm³/mol. The minimum atomic E-state index is -0.834. The molecular weight excluding hydrogens is 437 g/mol. The van der Waals surface area contributed by atoms with Gasteiger partial charge in [0.2, 0.25) is 0 Å². The first-order chi connectivity index (χ1) is 12.0. The Labute approximate surface area is 159 Å². The molecule has 0 aromatic heterocycles. The van der Waals surface area contributed by atoms with Crippen LogP contribution in [0.2, 0.25) is 0 Å². The molecule has 1 unspecified atom stereocenters. The lowest BCUT2D eigenvalue weighted by Crippen LogP contribution is -2.29. The van der Waals surface area contributed by atoms with Gasteiger partial charge in [-0.2, -0.15) is 0 Å². The second-order valence-electron chi connectivity index (χ2n) is 5.10. The van der Waals surface area contributed by atoms with Crippen molar-refractivity contribution in [1.82, 2.24) is 0 Å². The molecule has 2 aromatic carbocycles. The Bertz CT molecular complexity index is 715. The van der Waals surface area contributed by atoms with E-state index >= 15 is 0 Å². The molecule has 2 aromatic rings. The number of anilines is 1. The number of rotatable bonds is 7. The second-order valence-corrected chi connectivity index (χ2v) is 6.34. The average molecular weight is 455 g/mol. The largest absolute Gasteiger partial charge is 0.497 e. The Hall–Kier alpha value is -2.29. The summed E-state index contributed by atoms with van der Waals surface area (Å²) in [7, 11) is 1.57. The van der Waals surface area contributed by atoms with E-state index in [4.69, 9.17) is 14.2 Å². The van der Waals surface area contributed by atoms with Crippen LogP contribution in [0.25, 0.3) is 0 Å². The van der Waals surface area contributed by atoms with Crippen molar-refractivity contribution < 1.29 is 23.8 Å². The molecule has 0 fully saturated rings. The van der Waals surface area contributed by atoms with Crippen LogP contribution >= 0.6 is 22.6 Å². The number of benzene rings is 2. The first kappa shape index (κ1) is 19.0. The van der Waals surface area contributed by atoms with Gasteiger partial charge in [0.05, 0.1) is 7.11 Å². The van der Waals surface area contributed by atoms with Crippen molar-refractivity contribution in [2.24, 2.45) is 0 Å². The van der Waals surface area contributed by atoms with E-state index in [1.807, 2.05) is 12.1 Å². The molecule has 0 saturated carbocycles. The zero-order valence-electron chi connectivity index (χ0n) is 13.8. The van der Waals surface area contributed by atoms with Crippen molar-refractivity contribution in [3.63, 3.8) is 0 Å². The Balaban J connectivity index is 1.77. The average Bonchev–Trinajstić information content (AvgIpc) is 2.62. The first-order valence-corrected chi connectivity index (χ1v) is 8.58. The summed E-state index contributed by atoms with van der Waals surface area (Å²) >= 11 is 2.17. The van der Waals surface area contributed by atoms with Gasteiger partial charge in [0.25, 0.3) is 5.91 Å². The molecule has 0 aliphatic heterocycles. The Morgan fingerprint density at radius 3 is 2.24 bits per heavy atom. The van der Waals surface area contributed by atoms with Crippen LogP contribution in [-0.2, 0) is 14.3 Å². The topological polar surface area (TPSA) is 73.9 Å². The summed E-state index contributed by atoms with van der Waals surface area (Å²) in [5, 5.41) is 2.65. The predicted octanol–water partition coefficient (Wildman–Crippen LogP) is 3.25. The Kier molecular flexibility index (Phi) is 7.05. The summed E-state index contributed by atoms with van der Waals surface area (Å²) in [5.74, 6) is 0.170. The van der Waals surface area contributed by atoms with Gasteiger partial charge in [-0.05, 0) is 78.0 Å². The highest BCUT2D eigenvalue weighted by Crippen LogP contribution is 2.18. The molecular formula is C18H18INO5. The van der Waals surface area contributed by atoms with Crippen molar-refractivity contribution in [3.8, 4) is 11.5 Å². The highest BCUT2D eigenvalue weighted by atomic mass is 127. The molecule has 1 amide bonds. The maximum atomic E-state index is 11.9. The van der Waals surface area contributed by atoms with Crippen LogP contribution in [-0.4, -0.2) is 31.7 Å². The van der Waals surface area contributed by atoms with E-state index in [1.54, 1.807) is 50.4 Å². The van der Waals surface area contributed by atoms with E-state index in [9.17, 15) is 9.59 Å². The van der Waals surface area contributed by atoms with Crippen LogP contribution < -0.4 is 14.8 Å². The van der Waals surface area contributed by atoms with Crippen molar-refractivity contribution >= 4 is 40.2 Å². The Morgan fingerprint density at radius 1 is 1.04 bits per heavy atom. The van der Waals surface area contributed by atoms with Gasteiger partial charge in [-0.1, -0.05) is 0 Å². The van der Waals surface area contributed by atoms with E-state index in [0.29, 0.717) is 17.2 Å². The lowest BCUT2D eigenvalue weighted by molar-refractivity contribution is -0.153. The standard InChI is InChI=1S/C18H18INO5/c1-12(25-16-9-7-15(23-2)8-10-16)18(22)24-11-17(21)20-14-5-3-13(19)4-6-14/h3-10,12H,11H2,1-2H3,(H,20,21). The van der Waals surface area contributed by atoms with Crippen molar-refractivity contribution in [3.05, 3.63) is 52.1 Å². The van der Waals surface area contributed by atoms with E-state index < -0.39 is 18.0 Å². The number of carbonyl (C=O) groups is 2. The molecule has 6 nitrogen and oxygen atoms in total. The second kappa shape index (κ2) is 9.26. The normalized spacial score (nSPS) is 11.3. The summed E-state index contributed by atoms with van der Waals surface area (Å²) in [6, 6.07) is 14.1. The number of esters is 1. The molecule has 1 atom stereocenters. The fourth-order valence-corrected chi connectivity index (χ4v) is 2.25. The highest BCUT2D eigenvalue weighted by molar-refractivity contribution is 14.1. The molecule has 0 spiro atoms. The fraction of sp³-hybridized carbons (Fsp3) is 0.222. The number of amides is 1. The van der Waals surface area contributed by atoms with Gasteiger partial charge in [0, 0.05) is 9.26 Å². The number of methoxy groups -OCH3 is 1. The molecule has 0 bridgehead atoms. The van der Waals surface area contributed by atoms with Gasteiger partial charge in [-0.15, -0.1) is 0 Å². The number of hydrogen-bond acceptors (Lipinski definition) is 5. The first-order valence-electron chi connectivity index (χ1n) is 7.50. The van der Waals surface area contributed by atoms with Gasteiger partial charge >= 0.3 is 5.97 Å². The van der Waals surface area contributed by atoms with Gasteiger partial charge in [-0.3, -0.25) is 4.79 Å². The Morgan fingerprint density at radius 2 is 1.64 bits per heavy atom. The lowest BCUT2D eigenvalue weighted by Gasteiger charge is -2.14. The van der Waals surface area contributed by atoms with Crippen LogP contribution in [0.1, 0.15) is 6.92 Å². The summed E-state index contributed by atoms with van der Waals surface area (Å²) < 4.78 is 16.6. The molecule has 0 saturated heterocycles. The molecule has 0 heterocycles. The van der Waals surface area contributed by atoms with Crippen LogP contribution in [0.3, 0.4) is 0 Å². The third kappa shape index (κ3) is 6.26. The molecule has 0 radical (unpaired) electrons. The zero-order chi connectivity index (χ0) is 18.2. The van der Waals surface area contributed by atoms with Gasteiger partial charge < -0.3 is 19.5 Å². The molecule has 132 valence electrons. The smallest absolute Gasteiger partial charge is 0.347 e. The lowest BCUT2D eigenvalue weighted by atomic mass is 10.3. The van der Waals surface area contributed by atoms with E-state index in [1.165, 1.54) is 0 Å². The van der Waals surface area contributed by atoms with Crippen molar-refractivity contribution in [2.75, 3.05) is 19.0 Å². The number of carbonyl (C=O) groups excluding carboxylic acids is 2. The molecule has 25 heavy (non-hydrogen) atoms. The zero-order valence-corrected chi connectivity index (χ0v) is 16.0.